The summed E-state index contributed by atoms with van der Waals surface area (Å²) in [5.74, 6) is 1.95. The Morgan fingerprint density at radius 2 is 0.960 bits per heavy atom. The van der Waals surface area contributed by atoms with Crippen LogP contribution >= 0.6 is 11.3 Å². The van der Waals surface area contributed by atoms with Crippen molar-refractivity contribution in [1.29, 1.82) is 0 Å². The minimum atomic E-state index is 0.649. The molecule has 0 atom stereocenters. The minimum absolute atomic E-state index is 0.649. The molecule has 0 aliphatic rings. The molecule has 0 N–H and O–H groups in total. The normalized spacial score (nSPS) is 11.6. The largest absolute Gasteiger partial charge is 0.309 e. The molecule has 7 aromatic carbocycles. The van der Waals surface area contributed by atoms with Crippen LogP contribution in [0.15, 0.2) is 170 Å². The number of hydrogen-bond donors (Lipinski definition) is 0. The zero-order valence-corrected chi connectivity index (χ0v) is 27.7. The SMILES string of the molecule is c1ccc(-c2nc(-c3ccccc3)nc(-c3cccc4c3c3ccccc3n4-c3cc(-c4ccccc4)c4sc5ccccc5c4c3)n2)cc1. The van der Waals surface area contributed by atoms with Crippen LogP contribution < -0.4 is 0 Å². The third-order valence-corrected chi connectivity index (χ3v) is 10.7. The fourth-order valence-electron chi connectivity index (χ4n) is 7.19. The lowest BCUT2D eigenvalue weighted by atomic mass is 10.0. The Labute approximate surface area is 292 Å². The quantitative estimate of drug-likeness (QED) is 0.185. The molecule has 3 heterocycles. The fraction of sp³-hybridized carbons (Fsp3) is 0. The van der Waals surface area contributed by atoms with Crippen molar-refractivity contribution in [3.8, 4) is 51.0 Å². The molecule has 10 rings (SSSR count). The lowest BCUT2D eigenvalue weighted by Crippen LogP contribution is -2.00. The average molecular weight is 657 g/mol. The Balaban J connectivity index is 1.27. The van der Waals surface area contributed by atoms with Gasteiger partial charge in [-0.3, -0.25) is 0 Å². The van der Waals surface area contributed by atoms with Crippen molar-refractivity contribution in [3.63, 3.8) is 0 Å². The van der Waals surface area contributed by atoms with Crippen LogP contribution in [0.25, 0.3) is 93.0 Å². The van der Waals surface area contributed by atoms with Gasteiger partial charge in [0, 0.05) is 58.9 Å². The molecule has 0 fully saturated rings. The molecule has 0 saturated heterocycles. The second-order valence-electron chi connectivity index (χ2n) is 12.4. The van der Waals surface area contributed by atoms with E-state index in [1.165, 1.54) is 31.3 Å². The van der Waals surface area contributed by atoms with Gasteiger partial charge in [0.2, 0.25) is 0 Å². The number of para-hydroxylation sites is 1. The summed E-state index contributed by atoms with van der Waals surface area (Å²) in [6.45, 7) is 0. The molecule has 0 amide bonds. The van der Waals surface area contributed by atoms with Crippen molar-refractivity contribution in [2.45, 2.75) is 0 Å². The number of benzene rings is 7. The predicted octanol–water partition coefficient (Wildman–Crippen LogP) is 12.0. The molecular formula is C45H28N4S. The highest BCUT2D eigenvalue weighted by molar-refractivity contribution is 7.26. The van der Waals surface area contributed by atoms with Crippen molar-refractivity contribution >= 4 is 53.3 Å². The Kier molecular flexibility index (Phi) is 6.64. The van der Waals surface area contributed by atoms with Gasteiger partial charge in [-0.25, -0.2) is 15.0 Å². The highest BCUT2D eigenvalue weighted by Gasteiger charge is 2.21. The van der Waals surface area contributed by atoms with Gasteiger partial charge in [-0.1, -0.05) is 140 Å². The smallest absolute Gasteiger partial charge is 0.164 e. The number of nitrogens with zero attached hydrogens (tertiary/aromatic N) is 4. The lowest BCUT2D eigenvalue weighted by molar-refractivity contribution is 1.08. The van der Waals surface area contributed by atoms with Crippen LogP contribution in [0, 0.1) is 0 Å². The number of aromatic nitrogens is 4. The number of thiophene rings is 1. The highest BCUT2D eigenvalue weighted by Crippen LogP contribution is 2.44. The molecule has 50 heavy (non-hydrogen) atoms. The van der Waals surface area contributed by atoms with Crippen LogP contribution in [0.3, 0.4) is 0 Å². The van der Waals surface area contributed by atoms with Crippen molar-refractivity contribution in [2.75, 3.05) is 0 Å². The maximum absolute atomic E-state index is 5.13. The summed E-state index contributed by atoms with van der Waals surface area (Å²) < 4.78 is 5.00. The average Bonchev–Trinajstić information content (AvgIpc) is 3.74. The van der Waals surface area contributed by atoms with E-state index in [0.29, 0.717) is 17.5 Å². The summed E-state index contributed by atoms with van der Waals surface area (Å²) in [5, 5.41) is 4.81. The van der Waals surface area contributed by atoms with Gasteiger partial charge in [0.1, 0.15) is 0 Å². The van der Waals surface area contributed by atoms with Gasteiger partial charge in [-0.05, 0) is 35.9 Å². The predicted molar refractivity (Wildman–Crippen MR) is 209 cm³/mol. The monoisotopic (exact) mass is 656 g/mol. The van der Waals surface area contributed by atoms with Gasteiger partial charge in [-0.2, -0.15) is 0 Å². The molecule has 0 spiro atoms. The van der Waals surface area contributed by atoms with E-state index in [9.17, 15) is 0 Å². The van der Waals surface area contributed by atoms with Gasteiger partial charge in [0.25, 0.3) is 0 Å². The van der Waals surface area contributed by atoms with Crippen LogP contribution in [-0.4, -0.2) is 19.5 Å². The minimum Gasteiger partial charge on any atom is -0.309 e. The molecule has 0 aliphatic heterocycles. The third-order valence-electron chi connectivity index (χ3n) is 9.44. The zero-order chi connectivity index (χ0) is 33.0. The van der Waals surface area contributed by atoms with Crippen LogP contribution in [0.1, 0.15) is 0 Å². The number of hydrogen-bond acceptors (Lipinski definition) is 4. The summed E-state index contributed by atoms with van der Waals surface area (Å²) in [6, 6.07) is 59.7. The van der Waals surface area contributed by atoms with E-state index in [1.807, 2.05) is 47.7 Å². The van der Waals surface area contributed by atoms with E-state index in [-0.39, 0.29) is 0 Å². The Hall–Kier alpha value is -6.43. The first-order valence-electron chi connectivity index (χ1n) is 16.7. The molecule has 0 saturated carbocycles. The standard InChI is InChI=1S/C45H28N4S/c1-4-15-29(16-5-1)36-27-32(28-37-33-21-11-13-26-40(33)50-42(36)37)49-38-24-12-10-22-34(38)41-35(23-14-25-39(41)49)45-47-43(30-17-6-2-7-18-30)46-44(48-45)31-19-8-3-9-20-31/h1-28H. The van der Waals surface area contributed by atoms with Gasteiger partial charge in [0.15, 0.2) is 17.5 Å². The summed E-state index contributed by atoms with van der Waals surface area (Å²) in [6.07, 6.45) is 0. The van der Waals surface area contributed by atoms with Gasteiger partial charge in [0.05, 0.1) is 11.0 Å². The summed E-state index contributed by atoms with van der Waals surface area (Å²) in [4.78, 5) is 15.2. The van der Waals surface area contributed by atoms with Gasteiger partial charge >= 0.3 is 0 Å². The van der Waals surface area contributed by atoms with E-state index in [1.54, 1.807) is 0 Å². The van der Waals surface area contributed by atoms with E-state index in [2.05, 4.69) is 138 Å². The van der Waals surface area contributed by atoms with E-state index in [4.69, 9.17) is 15.0 Å². The first-order chi connectivity index (χ1) is 24.8. The molecule has 0 bridgehead atoms. The summed E-state index contributed by atoms with van der Waals surface area (Å²) in [7, 11) is 0. The lowest BCUT2D eigenvalue weighted by Gasteiger charge is -2.13. The maximum atomic E-state index is 5.13. The topological polar surface area (TPSA) is 43.6 Å². The van der Waals surface area contributed by atoms with Crippen LogP contribution in [0.2, 0.25) is 0 Å². The molecular weight excluding hydrogens is 629 g/mol. The number of fused-ring (bicyclic) bond motifs is 6. The highest BCUT2D eigenvalue weighted by atomic mass is 32.1. The van der Waals surface area contributed by atoms with Gasteiger partial charge < -0.3 is 4.57 Å². The van der Waals surface area contributed by atoms with Gasteiger partial charge in [-0.15, -0.1) is 11.3 Å². The first-order valence-corrected chi connectivity index (χ1v) is 17.5. The first kappa shape index (κ1) is 28.6. The second kappa shape index (κ2) is 11.6. The molecule has 0 radical (unpaired) electrons. The van der Waals surface area contributed by atoms with Crippen molar-refractivity contribution in [2.24, 2.45) is 0 Å². The molecule has 10 aromatic rings. The third kappa shape index (κ3) is 4.63. The molecule has 0 unspecified atom stereocenters. The van der Waals surface area contributed by atoms with Crippen LogP contribution in [-0.2, 0) is 0 Å². The molecule has 234 valence electrons. The Bertz CT molecular complexity index is 2800. The van der Waals surface area contributed by atoms with E-state index < -0.39 is 0 Å². The molecule has 5 heteroatoms. The molecule has 0 aliphatic carbocycles. The number of rotatable bonds is 5. The molecule has 3 aromatic heterocycles. The van der Waals surface area contributed by atoms with E-state index in [0.717, 1.165) is 44.2 Å². The van der Waals surface area contributed by atoms with Crippen molar-refractivity contribution in [1.82, 2.24) is 19.5 Å². The summed E-state index contributed by atoms with van der Waals surface area (Å²) >= 11 is 1.86. The Morgan fingerprint density at radius 3 is 1.66 bits per heavy atom. The van der Waals surface area contributed by atoms with Crippen LogP contribution in [0.5, 0.6) is 0 Å². The van der Waals surface area contributed by atoms with Crippen LogP contribution in [0.4, 0.5) is 0 Å². The Morgan fingerprint density at radius 1 is 0.400 bits per heavy atom. The van der Waals surface area contributed by atoms with Crippen molar-refractivity contribution < 1.29 is 0 Å². The van der Waals surface area contributed by atoms with E-state index >= 15 is 0 Å². The zero-order valence-electron chi connectivity index (χ0n) is 26.9. The molecule has 4 nitrogen and oxygen atoms in total. The maximum Gasteiger partial charge on any atom is 0.164 e. The summed E-state index contributed by atoms with van der Waals surface area (Å²) in [5.41, 5.74) is 8.67. The second-order valence-corrected chi connectivity index (χ2v) is 13.5. The fourth-order valence-corrected chi connectivity index (χ4v) is 8.41. The van der Waals surface area contributed by atoms with Crippen molar-refractivity contribution in [3.05, 3.63) is 170 Å².